The topological polar surface area (TPSA) is 40.5 Å². The minimum absolute atomic E-state index is 0.228. The molecule has 2 atom stereocenters. The molecule has 39 heavy (non-hydrogen) atoms. The van der Waals surface area contributed by atoms with E-state index in [1.54, 1.807) is 24.3 Å². The lowest BCUT2D eigenvalue weighted by Crippen LogP contribution is -2.14. The Morgan fingerprint density at radius 3 is 1.49 bits per heavy atom. The number of phenolic OH excluding ortho intramolecular Hbond substituents is 2. The molecule has 0 amide bonds. The summed E-state index contributed by atoms with van der Waals surface area (Å²) in [5.74, 6) is 1.49. The van der Waals surface area contributed by atoms with Crippen molar-refractivity contribution in [3.63, 3.8) is 0 Å². The van der Waals surface area contributed by atoms with E-state index in [4.69, 9.17) is 0 Å². The zero-order valence-electron chi connectivity index (χ0n) is 22.4. The molecule has 2 heteroatoms. The van der Waals surface area contributed by atoms with Gasteiger partial charge in [-0.05, 0) is 88.7 Å². The minimum atomic E-state index is 0.228. The van der Waals surface area contributed by atoms with Crippen LogP contribution >= 0.6 is 0 Å². The number of phenols is 2. The summed E-state index contributed by atoms with van der Waals surface area (Å²) in [6.07, 6.45) is 2.87. The summed E-state index contributed by atoms with van der Waals surface area (Å²) in [5.41, 5.74) is 7.77. The third kappa shape index (κ3) is 6.78. The molecule has 0 aliphatic rings. The largest absolute Gasteiger partial charge is 0.508 e. The highest BCUT2D eigenvalue weighted by Gasteiger charge is 2.26. The molecular weight excluding hydrogens is 476 g/mol. The van der Waals surface area contributed by atoms with Crippen molar-refractivity contribution in [1.82, 2.24) is 0 Å². The first-order valence-electron chi connectivity index (χ1n) is 13.8. The van der Waals surface area contributed by atoms with Gasteiger partial charge in [-0.3, -0.25) is 0 Å². The lowest BCUT2D eigenvalue weighted by molar-refractivity contribution is 0.474. The standard InChI is InChI=1S/C37H36O2/c1-27(30-19-23-35(39)24-20-30)26-29-12-17-31(18-13-29)36(25-16-28-14-21-34(38)22-15-28)37(32-8-4-2-5-9-32)33-10-6-3-7-11-33/h2-15,17-24,27,36-39H,16,25-26H2,1H3. The molecule has 5 rings (SSSR count). The molecule has 0 radical (unpaired) electrons. The average molecular weight is 513 g/mol. The molecule has 2 N–H and O–H groups in total. The Bertz CT molecular complexity index is 1380. The number of aryl methyl sites for hydroxylation is 1. The smallest absolute Gasteiger partial charge is 0.115 e. The van der Waals surface area contributed by atoms with Crippen LogP contribution in [-0.4, -0.2) is 10.2 Å². The first-order chi connectivity index (χ1) is 19.1. The Hall–Kier alpha value is -4.30. The van der Waals surface area contributed by atoms with Gasteiger partial charge >= 0.3 is 0 Å². The molecule has 5 aromatic carbocycles. The molecule has 0 fully saturated rings. The number of aromatic hydroxyl groups is 2. The summed E-state index contributed by atoms with van der Waals surface area (Å²) in [6, 6.07) is 46.1. The summed E-state index contributed by atoms with van der Waals surface area (Å²) < 4.78 is 0. The van der Waals surface area contributed by atoms with E-state index in [0.717, 1.165) is 19.3 Å². The zero-order valence-corrected chi connectivity index (χ0v) is 22.4. The quantitative estimate of drug-likeness (QED) is 0.196. The van der Waals surface area contributed by atoms with Crippen LogP contribution in [0.15, 0.2) is 133 Å². The van der Waals surface area contributed by atoms with Crippen molar-refractivity contribution >= 4 is 0 Å². The molecule has 5 aromatic rings. The highest BCUT2D eigenvalue weighted by molar-refractivity contribution is 5.40. The number of hydrogen-bond donors (Lipinski definition) is 2. The fraction of sp³-hybridized carbons (Fsp3) is 0.189. The van der Waals surface area contributed by atoms with E-state index >= 15 is 0 Å². The molecule has 0 saturated carbocycles. The van der Waals surface area contributed by atoms with Gasteiger partial charge in [-0.1, -0.05) is 116 Å². The van der Waals surface area contributed by atoms with Gasteiger partial charge < -0.3 is 10.2 Å². The summed E-state index contributed by atoms with van der Waals surface area (Å²) >= 11 is 0. The molecule has 0 bridgehead atoms. The van der Waals surface area contributed by atoms with E-state index in [9.17, 15) is 10.2 Å². The van der Waals surface area contributed by atoms with E-state index in [1.807, 2.05) is 24.3 Å². The van der Waals surface area contributed by atoms with Crippen molar-refractivity contribution in [1.29, 1.82) is 0 Å². The number of rotatable bonds is 10. The number of hydrogen-bond acceptors (Lipinski definition) is 2. The van der Waals surface area contributed by atoms with Gasteiger partial charge in [0, 0.05) is 5.92 Å². The minimum Gasteiger partial charge on any atom is -0.508 e. The average Bonchev–Trinajstić information content (AvgIpc) is 2.98. The molecular formula is C37H36O2. The molecule has 0 aromatic heterocycles. The van der Waals surface area contributed by atoms with E-state index in [0.29, 0.717) is 17.4 Å². The highest BCUT2D eigenvalue weighted by Crippen LogP contribution is 2.41. The summed E-state index contributed by atoms with van der Waals surface area (Å²) in [6.45, 7) is 2.24. The van der Waals surface area contributed by atoms with E-state index in [-0.39, 0.29) is 11.8 Å². The molecule has 0 heterocycles. The van der Waals surface area contributed by atoms with Crippen LogP contribution < -0.4 is 0 Å². The van der Waals surface area contributed by atoms with Gasteiger partial charge in [-0.25, -0.2) is 0 Å². The maximum absolute atomic E-state index is 9.76. The van der Waals surface area contributed by atoms with Gasteiger partial charge in [-0.15, -0.1) is 0 Å². The molecule has 2 nitrogen and oxygen atoms in total. The van der Waals surface area contributed by atoms with Crippen molar-refractivity contribution in [2.24, 2.45) is 0 Å². The SMILES string of the molecule is CC(Cc1ccc(C(CCc2ccc(O)cc2)C(c2ccccc2)c2ccccc2)cc1)c1ccc(O)cc1. The first kappa shape index (κ1) is 26.3. The van der Waals surface area contributed by atoms with Crippen LogP contribution in [-0.2, 0) is 12.8 Å². The Morgan fingerprint density at radius 1 is 0.487 bits per heavy atom. The third-order valence-electron chi connectivity index (χ3n) is 7.81. The lowest BCUT2D eigenvalue weighted by Gasteiger charge is -2.29. The van der Waals surface area contributed by atoms with Crippen LogP contribution in [0.1, 0.15) is 64.5 Å². The van der Waals surface area contributed by atoms with Crippen LogP contribution in [0.25, 0.3) is 0 Å². The first-order valence-corrected chi connectivity index (χ1v) is 13.8. The van der Waals surface area contributed by atoms with Crippen LogP contribution in [0, 0.1) is 0 Å². The van der Waals surface area contributed by atoms with Gasteiger partial charge in [0.25, 0.3) is 0 Å². The lowest BCUT2D eigenvalue weighted by atomic mass is 9.74. The van der Waals surface area contributed by atoms with Gasteiger partial charge in [0.05, 0.1) is 0 Å². The van der Waals surface area contributed by atoms with Gasteiger partial charge in [0.1, 0.15) is 11.5 Å². The summed E-state index contributed by atoms with van der Waals surface area (Å²) in [5, 5.41) is 19.4. The second-order valence-electron chi connectivity index (χ2n) is 10.5. The van der Waals surface area contributed by atoms with Crippen molar-refractivity contribution in [2.75, 3.05) is 0 Å². The third-order valence-corrected chi connectivity index (χ3v) is 7.81. The predicted molar refractivity (Wildman–Crippen MR) is 161 cm³/mol. The fourth-order valence-electron chi connectivity index (χ4n) is 5.66. The monoisotopic (exact) mass is 512 g/mol. The van der Waals surface area contributed by atoms with Crippen LogP contribution in [0.5, 0.6) is 11.5 Å². The number of benzene rings is 5. The molecule has 0 aliphatic carbocycles. The molecule has 0 spiro atoms. The van der Waals surface area contributed by atoms with Gasteiger partial charge in [0.2, 0.25) is 0 Å². The predicted octanol–water partition coefficient (Wildman–Crippen LogP) is 8.99. The van der Waals surface area contributed by atoms with Crippen LogP contribution in [0.4, 0.5) is 0 Å². The highest BCUT2D eigenvalue weighted by atomic mass is 16.3. The van der Waals surface area contributed by atoms with Crippen LogP contribution in [0.3, 0.4) is 0 Å². The van der Waals surface area contributed by atoms with Crippen molar-refractivity contribution in [2.45, 2.75) is 43.9 Å². The second kappa shape index (κ2) is 12.5. The molecule has 0 aliphatic heterocycles. The van der Waals surface area contributed by atoms with E-state index in [1.165, 1.54) is 33.4 Å². The van der Waals surface area contributed by atoms with E-state index < -0.39 is 0 Å². The Kier molecular flexibility index (Phi) is 8.43. The summed E-state index contributed by atoms with van der Waals surface area (Å²) in [7, 11) is 0. The van der Waals surface area contributed by atoms with Crippen molar-refractivity contribution in [3.05, 3.63) is 167 Å². The Balaban J connectivity index is 1.45. The van der Waals surface area contributed by atoms with Crippen LogP contribution in [0.2, 0.25) is 0 Å². The summed E-state index contributed by atoms with van der Waals surface area (Å²) in [4.78, 5) is 0. The zero-order chi connectivity index (χ0) is 27.0. The van der Waals surface area contributed by atoms with E-state index in [2.05, 4.69) is 91.9 Å². The molecule has 0 saturated heterocycles. The maximum Gasteiger partial charge on any atom is 0.115 e. The fourth-order valence-corrected chi connectivity index (χ4v) is 5.66. The van der Waals surface area contributed by atoms with Gasteiger partial charge in [0.15, 0.2) is 0 Å². The van der Waals surface area contributed by atoms with Crippen molar-refractivity contribution < 1.29 is 10.2 Å². The molecule has 196 valence electrons. The maximum atomic E-state index is 9.76. The molecule has 2 unspecified atom stereocenters. The van der Waals surface area contributed by atoms with Crippen molar-refractivity contribution in [3.8, 4) is 11.5 Å². The Morgan fingerprint density at radius 2 is 0.949 bits per heavy atom. The Labute approximate surface area is 232 Å². The second-order valence-corrected chi connectivity index (χ2v) is 10.5. The van der Waals surface area contributed by atoms with Gasteiger partial charge in [-0.2, -0.15) is 0 Å². The normalized spacial score (nSPS) is 12.8.